The maximum atomic E-state index is 11.8. The van der Waals surface area contributed by atoms with Gasteiger partial charge in [0.15, 0.2) is 11.5 Å². The number of fused-ring (bicyclic) bond motifs is 1. The molecule has 0 aliphatic carbocycles. The monoisotopic (exact) mass is 281 g/mol. The first kappa shape index (κ1) is 14.1. The predicted molar refractivity (Wildman–Crippen MR) is 71.0 cm³/mol. The average molecular weight is 281 g/mol. The fraction of sp³-hybridized carbons (Fsp3) is 0.417. The number of nitrogens with two attached hydrogens (primary N) is 1. The van der Waals surface area contributed by atoms with Crippen LogP contribution in [0.1, 0.15) is 13.3 Å². The van der Waals surface area contributed by atoms with E-state index in [9.17, 15) is 14.9 Å². The van der Waals surface area contributed by atoms with Gasteiger partial charge in [0.2, 0.25) is 5.91 Å². The summed E-state index contributed by atoms with van der Waals surface area (Å²) in [7, 11) is 0. The van der Waals surface area contributed by atoms with Crippen molar-refractivity contribution in [2.45, 2.75) is 19.4 Å². The van der Waals surface area contributed by atoms with Crippen LogP contribution in [0.5, 0.6) is 11.5 Å². The third-order valence-electron chi connectivity index (χ3n) is 2.89. The lowest BCUT2D eigenvalue weighted by Crippen LogP contribution is -2.35. The zero-order chi connectivity index (χ0) is 14.7. The van der Waals surface area contributed by atoms with Crippen LogP contribution in [0, 0.1) is 10.1 Å². The first-order chi connectivity index (χ1) is 9.52. The van der Waals surface area contributed by atoms with Crippen LogP contribution in [0.2, 0.25) is 0 Å². The van der Waals surface area contributed by atoms with Gasteiger partial charge in [0, 0.05) is 6.07 Å². The highest BCUT2D eigenvalue weighted by Gasteiger charge is 2.24. The average Bonchev–Trinajstić information content (AvgIpc) is 2.45. The van der Waals surface area contributed by atoms with Gasteiger partial charge in [-0.3, -0.25) is 14.9 Å². The van der Waals surface area contributed by atoms with Crippen molar-refractivity contribution in [2.75, 3.05) is 18.5 Å². The molecule has 0 bridgehead atoms. The van der Waals surface area contributed by atoms with E-state index in [4.69, 9.17) is 15.2 Å². The van der Waals surface area contributed by atoms with Gasteiger partial charge in [0.1, 0.15) is 18.9 Å². The van der Waals surface area contributed by atoms with Crippen LogP contribution >= 0.6 is 0 Å². The summed E-state index contributed by atoms with van der Waals surface area (Å²) in [5, 5.41) is 13.5. The smallest absolute Gasteiger partial charge is 0.296 e. The summed E-state index contributed by atoms with van der Waals surface area (Å²) in [6, 6.07) is 1.90. The number of carbonyl (C=O) groups is 1. The number of nitro groups is 1. The largest absolute Gasteiger partial charge is 0.486 e. The maximum absolute atomic E-state index is 11.8. The summed E-state index contributed by atoms with van der Waals surface area (Å²) in [6.45, 7) is 2.44. The topological polar surface area (TPSA) is 117 Å². The second kappa shape index (κ2) is 5.74. The molecule has 0 aromatic heterocycles. The summed E-state index contributed by atoms with van der Waals surface area (Å²) in [5.74, 6) is 0.176. The van der Waals surface area contributed by atoms with Gasteiger partial charge in [-0.25, -0.2) is 0 Å². The minimum atomic E-state index is -0.720. The van der Waals surface area contributed by atoms with Gasteiger partial charge in [0.25, 0.3) is 5.69 Å². The molecule has 108 valence electrons. The first-order valence-electron chi connectivity index (χ1n) is 6.17. The molecule has 1 aliphatic heterocycles. The molecular formula is C12H15N3O5. The Labute approximate surface area is 115 Å². The Balaban J connectivity index is 2.35. The van der Waals surface area contributed by atoms with Crippen LogP contribution in [0.25, 0.3) is 0 Å². The molecule has 3 N–H and O–H groups in total. The van der Waals surface area contributed by atoms with E-state index in [0.29, 0.717) is 31.1 Å². The van der Waals surface area contributed by atoms with Crippen LogP contribution < -0.4 is 20.5 Å². The number of ether oxygens (including phenoxy) is 2. The van der Waals surface area contributed by atoms with Crippen molar-refractivity contribution >= 4 is 17.3 Å². The highest BCUT2D eigenvalue weighted by Crippen LogP contribution is 2.39. The van der Waals surface area contributed by atoms with Crippen LogP contribution in [0.15, 0.2) is 12.1 Å². The molecule has 1 amide bonds. The third-order valence-corrected chi connectivity index (χ3v) is 2.89. The normalized spacial score (nSPS) is 14.5. The van der Waals surface area contributed by atoms with Gasteiger partial charge in [-0.05, 0) is 6.42 Å². The molecular weight excluding hydrogens is 266 g/mol. The summed E-state index contributed by atoms with van der Waals surface area (Å²) < 4.78 is 10.6. The van der Waals surface area contributed by atoms with Crippen LogP contribution in [0.4, 0.5) is 11.4 Å². The zero-order valence-electron chi connectivity index (χ0n) is 10.9. The second-order valence-electron chi connectivity index (χ2n) is 4.27. The minimum absolute atomic E-state index is 0.0492. The number of hydrogen-bond acceptors (Lipinski definition) is 6. The lowest BCUT2D eigenvalue weighted by atomic mass is 10.2. The Morgan fingerprint density at radius 2 is 2.05 bits per heavy atom. The molecule has 1 aliphatic rings. The SMILES string of the molecule is CC[C@H](N)C(=O)Nc1cc2c(cc1[N+](=O)[O-])OCCO2. The number of carbonyl (C=O) groups excluding carboxylic acids is 1. The molecule has 1 aromatic rings. The maximum Gasteiger partial charge on any atom is 0.296 e. The zero-order valence-corrected chi connectivity index (χ0v) is 10.9. The first-order valence-corrected chi connectivity index (χ1v) is 6.17. The molecule has 20 heavy (non-hydrogen) atoms. The molecule has 0 saturated heterocycles. The Hall–Kier alpha value is -2.35. The fourth-order valence-corrected chi connectivity index (χ4v) is 1.74. The standard InChI is InChI=1S/C12H15N3O5/c1-2-7(13)12(16)14-8-5-10-11(20-4-3-19-10)6-9(8)15(17)18/h5-7H,2-4,13H2,1H3,(H,14,16)/t7-/m0/s1. The number of rotatable bonds is 4. The van der Waals surface area contributed by atoms with Crippen molar-refractivity contribution in [1.82, 2.24) is 0 Å². The third kappa shape index (κ3) is 2.80. The highest BCUT2D eigenvalue weighted by molar-refractivity contribution is 5.97. The Bertz CT molecular complexity index is 546. The van der Waals surface area contributed by atoms with E-state index in [1.807, 2.05) is 0 Å². The van der Waals surface area contributed by atoms with Crippen LogP contribution in [0.3, 0.4) is 0 Å². The van der Waals surface area contributed by atoms with E-state index in [0.717, 1.165) is 0 Å². The van der Waals surface area contributed by atoms with Gasteiger partial charge in [-0.15, -0.1) is 0 Å². The summed E-state index contributed by atoms with van der Waals surface area (Å²) >= 11 is 0. The Morgan fingerprint density at radius 3 is 2.60 bits per heavy atom. The number of nitrogens with zero attached hydrogens (tertiary/aromatic N) is 1. The van der Waals surface area contributed by atoms with E-state index in [2.05, 4.69) is 5.32 Å². The molecule has 0 spiro atoms. The Morgan fingerprint density at radius 1 is 1.45 bits per heavy atom. The lowest BCUT2D eigenvalue weighted by molar-refractivity contribution is -0.384. The molecule has 0 fully saturated rings. The van der Waals surface area contributed by atoms with Crippen molar-refractivity contribution in [1.29, 1.82) is 0 Å². The van der Waals surface area contributed by atoms with E-state index >= 15 is 0 Å². The highest BCUT2D eigenvalue weighted by atomic mass is 16.6. The molecule has 0 radical (unpaired) electrons. The van der Waals surface area contributed by atoms with Gasteiger partial charge >= 0.3 is 0 Å². The van der Waals surface area contributed by atoms with E-state index in [-0.39, 0.29) is 11.4 Å². The molecule has 8 heteroatoms. The van der Waals surface area contributed by atoms with Gasteiger partial charge in [-0.1, -0.05) is 6.92 Å². The quantitative estimate of drug-likeness (QED) is 0.629. The molecule has 1 atom stereocenters. The molecule has 2 rings (SSSR count). The van der Waals surface area contributed by atoms with Crippen molar-refractivity contribution in [3.8, 4) is 11.5 Å². The summed E-state index contributed by atoms with van der Waals surface area (Å²) in [6.07, 6.45) is 0.435. The van der Waals surface area contributed by atoms with Crippen molar-refractivity contribution in [3.63, 3.8) is 0 Å². The molecule has 0 unspecified atom stereocenters. The van der Waals surface area contributed by atoms with Gasteiger partial charge < -0.3 is 20.5 Å². The van der Waals surface area contributed by atoms with Crippen molar-refractivity contribution in [3.05, 3.63) is 22.2 Å². The fourth-order valence-electron chi connectivity index (χ4n) is 1.74. The van der Waals surface area contributed by atoms with Crippen LogP contribution in [-0.2, 0) is 4.79 Å². The van der Waals surface area contributed by atoms with Gasteiger partial charge in [-0.2, -0.15) is 0 Å². The molecule has 8 nitrogen and oxygen atoms in total. The summed E-state index contributed by atoms with van der Waals surface area (Å²) in [4.78, 5) is 22.2. The molecule has 1 heterocycles. The van der Waals surface area contributed by atoms with Crippen molar-refractivity contribution in [2.24, 2.45) is 5.73 Å². The number of anilines is 1. The minimum Gasteiger partial charge on any atom is -0.486 e. The number of nitro benzene ring substituents is 1. The lowest BCUT2D eigenvalue weighted by Gasteiger charge is -2.19. The van der Waals surface area contributed by atoms with Gasteiger partial charge in [0.05, 0.1) is 17.0 Å². The number of hydrogen-bond donors (Lipinski definition) is 2. The predicted octanol–water partition coefficient (Wildman–Crippen LogP) is 1.04. The Kier molecular flexibility index (Phi) is 4.04. The van der Waals surface area contributed by atoms with E-state index in [1.54, 1.807) is 6.92 Å². The number of nitrogens with one attached hydrogen (secondary N) is 1. The number of amides is 1. The second-order valence-corrected chi connectivity index (χ2v) is 4.27. The van der Waals surface area contributed by atoms with E-state index in [1.165, 1.54) is 12.1 Å². The van der Waals surface area contributed by atoms with E-state index < -0.39 is 16.9 Å². The number of benzene rings is 1. The van der Waals surface area contributed by atoms with Crippen LogP contribution in [-0.4, -0.2) is 30.1 Å². The summed E-state index contributed by atoms with van der Waals surface area (Å²) in [5.41, 5.74) is 5.38. The molecule has 0 saturated carbocycles. The van der Waals surface area contributed by atoms with Crippen molar-refractivity contribution < 1.29 is 19.2 Å². The molecule has 1 aromatic carbocycles.